The number of rotatable bonds is 5. The lowest BCUT2D eigenvalue weighted by atomic mass is 10.1. The number of carboxylic acids is 1. The molecule has 0 aliphatic heterocycles. The van der Waals surface area contributed by atoms with Crippen LogP contribution in [0.2, 0.25) is 0 Å². The Labute approximate surface area is 125 Å². The normalized spacial score (nSPS) is 9.77. The first-order valence-corrected chi connectivity index (χ1v) is 6.00. The number of benzene rings is 1. The van der Waals surface area contributed by atoms with Crippen LogP contribution in [0.5, 0.6) is 17.2 Å². The quantitative estimate of drug-likeness (QED) is 0.635. The molecule has 0 aliphatic carbocycles. The highest BCUT2D eigenvalue weighted by Gasteiger charge is 2.20. The average Bonchev–Trinajstić information content (AvgIpc) is 2.30. The Kier molecular flexibility index (Phi) is 5.62. The van der Waals surface area contributed by atoms with Crippen LogP contribution in [0, 0.1) is 6.42 Å². The lowest BCUT2D eigenvalue weighted by Gasteiger charge is -2.14. The monoisotopic (exact) mass is 309 g/mol. The van der Waals surface area contributed by atoms with E-state index in [2.05, 4.69) is 0 Å². The van der Waals surface area contributed by atoms with E-state index in [0.29, 0.717) is 0 Å². The molecule has 0 spiro atoms. The molecule has 0 aromatic heterocycles. The Hall–Kier alpha value is -2.90. The van der Waals surface area contributed by atoms with E-state index in [1.54, 1.807) is 0 Å². The number of carbonyl (C=O) groups is 4. The first kappa shape index (κ1) is 17.2. The van der Waals surface area contributed by atoms with Crippen molar-refractivity contribution in [3.05, 3.63) is 24.1 Å². The summed E-state index contributed by atoms with van der Waals surface area (Å²) < 4.78 is 14.6. The maximum atomic E-state index is 11.1. The number of aliphatic carboxylic acids is 1. The molecule has 0 bridgehead atoms. The molecule has 1 rings (SSSR count). The second-order valence-electron chi connectivity index (χ2n) is 4.11. The highest BCUT2D eigenvalue weighted by atomic mass is 16.6. The van der Waals surface area contributed by atoms with Crippen molar-refractivity contribution in [2.45, 2.75) is 20.8 Å². The van der Waals surface area contributed by atoms with Gasteiger partial charge in [-0.25, -0.2) is 0 Å². The molecule has 22 heavy (non-hydrogen) atoms. The van der Waals surface area contributed by atoms with E-state index in [-0.39, 0.29) is 22.8 Å². The summed E-state index contributed by atoms with van der Waals surface area (Å²) in [5, 5.41) is 8.77. The molecule has 8 nitrogen and oxygen atoms in total. The van der Waals surface area contributed by atoms with Gasteiger partial charge in [0, 0.05) is 20.8 Å². The predicted octanol–water partition coefficient (Wildman–Crippen LogP) is 1.10. The van der Waals surface area contributed by atoms with Crippen molar-refractivity contribution in [2.75, 3.05) is 0 Å². The third kappa shape index (κ3) is 5.23. The topological polar surface area (TPSA) is 116 Å². The first-order valence-electron chi connectivity index (χ1n) is 6.00. The van der Waals surface area contributed by atoms with Gasteiger partial charge >= 0.3 is 23.9 Å². The van der Waals surface area contributed by atoms with Gasteiger partial charge in [-0.05, 0) is 17.7 Å². The zero-order chi connectivity index (χ0) is 16.9. The number of esters is 3. The van der Waals surface area contributed by atoms with Crippen LogP contribution in [0.4, 0.5) is 0 Å². The molecule has 0 amide bonds. The van der Waals surface area contributed by atoms with Crippen molar-refractivity contribution in [3.8, 4) is 17.2 Å². The van der Waals surface area contributed by atoms with Gasteiger partial charge in [0.1, 0.15) is 0 Å². The molecule has 0 heterocycles. The van der Waals surface area contributed by atoms with E-state index >= 15 is 0 Å². The summed E-state index contributed by atoms with van der Waals surface area (Å²) in [6, 6.07) is 2.33. The van der Waals surface area contributed by atoms with E-state index in [1.165, 1.54) is 12.1 Å². The number of carboxylic acid groups (broad SMARTS) is 1. The van der Waals surface area contributed by atoms with Gasteiger partial charge < -0.3 is 19.3 Å². The van der Waals surface area contributed by atoms with E-state index < -0.39 is 23.9 Å². The Balaban J connectivity index is 3.44. The first-order chi connectivity index (χ1) is 10.2. The third-order valence-corrected chi connectivity index (χ3v) is 2.09. The molecule has 1 aromatic rings. The summed E-state index contributed by atoms with van der Waals surface area (Å²) in [6.45, 7) is 3.32. The molecule has 0 unspecified atom stereocenters. The summed E-state index contributed by atoms with van der Waals surface area (Å²) in [5.41, 5.74) is 0.0795. The molecule has 0 saturated heterocycles. The molecule has 1 radical (unpaired) electrons. The SMILES string of the molecule is CC(=O)Oc1cc([CH]C(=O)O)cc(OC(C)=O)c1OC(C)=O. The van der Waals surface area contributed by atoms with Gasteiger partial charge in [-0.3, -0.25) is 19.2 Å². The smallest absolute Gasteiger partial charge is 0.312 e. The molecule has 0 saturated carbocycles. The molecular weight excluding hydrogens is 296 g/mol. The minimum absolute atomic E-state index is 0.0795. The van der Waals surface area contributed by atoms with Crippen LogP contribution in [0.25, 0.3) is 0 Å². The summed E-state index contributed by atoms with van der Waals surface area (Å²) in [7, 11) is 0. The predicted molar refractivity (Wildman–Crippen MR) is 71.4 cm³/mol. The highest BCUT2D eigenvalue weighted by molar-refractivity contribution is 5.83. The summed E-state index contributed by atoms with van der Waals surface area (Å²) in [4.78, 5) is 44.1. The zero-order valence-corrected chi connectivity index (χ0v) is 12.0. The maximum absolute atomic E-state index is 11.1. The largest absolute Gasteiger partial charge is 0.481 e. The Morgan fingerprint density at radius 1 is 0.864 bits per heavy atom. The molecule has 0 aliphatic rings. The van der Waals surface area contributed by atoms with E-state index in [4.69, 9.17) is 19.3 Å². The van der Waals surface area contributed by atoms with E-state index in [9.17, 15) is 19.2 Å². The standard InChI is InChI=1S/C14H13O8/c1-7(15)20-11-4-10(6-13(18)19)5-12(21-8(2)16)14(11)22-9(3)17/h4-6H,1-3H3,(H,18,19). The van der Waals surface area contributed by atoms with Crippen molar-refractivity contribution >= 4 is 23.9 Å². The van der Waals surface area contributed by atoms with Gasteiger partial charge in [-0.1, -0.05) is 0 Å². The summed E-state index contributed by atoms with van der Waals surface area (Å²) in [5.74, 6) is -4.23. The minimum atomic E-state index is -1.26. The van der Waals surface area contributed by atoms with Crippen molar-refractivity contribution in [1.82, 2.24) is 0 Å². The van der Waals surface area contributed by atoms with Gasteiger partial charge in [0.15, 0.2) is 11.5 Å². The van der Waals surface area contributed by atoms with Crippen LogP contribution in [0.15, 0.2) is 12.1 Å². The molecular formula is C14H13O8. The van der Waals surface area contributed by atoms with Gasteiger partial charge in [0.05, 0.1) is 6.42 Å². The van der Waals surface area contributed by atoms with Crippen molar-refractivity contribution < 1.29 is 38.5 Å². The number of hydrogen-bond acceptors (Lipinski definition) is 7. The van der Waals surface area contributed by atoms with E-state index in [0.717, 1.165) is 27.2 Å². The Morgan fingerprint density at radius 3 is 1.59 bits per heavy atom. The molecule has 0 fully saturated rings. The fourth-order valence-corrected chi connectivity index (χ4v) is 1.53. The van der Waals surface area contributed by atoms with Gasteiger partial charge in [0.2, 0.25) is 5.75 Å². The van der Waals surface area contributed by atoms with Gasteiger partial charge in [0.25, 0.3) is 0 Å². The fraction of sp³-hybridized carbons (Fsp3) is 0.214. The number of hydrogen-bond donors (Lipinski definition) is 1. The van der Waals surface area contributed by atoms with Gasteiger partial charge in [-0.15, -0.1) is 0 Å². The third-order valence-electron chi connectivity index (χ3n) is 2.09. The van der Waals surface area contributed by atoms with Crippen LogP contribution in [-0.2, 0) is 19.2 Å². The van der Waals surface area contributed by atoms with Crippen LogP contribution >= 0.6 is 0 Å². The Morgan fingerprint density at radius 2 is 1.27 bits per heavy atom. The molecule has 0 atom stereocenters. The fourth-order valence-electron chi connectivity index (χ4n) is 1.53. The highest BCUT2D eigenvalue weighted by Crippen LogP contribution is 2.39. The molecule has 8 heteroatoms. The molecule has 1 N–H and O–H groups in total. The molecule has 1 aromatic carbocycles. The molecule has 117 valence electrons. The van der Waals surface area contributed by atoms with Crippen LogP contribution in [0.3, 0.4) is 0 Å². The summed E-state index contributed by atoms with van der Waals surface area (Å²) in [6.07, 6.45) is 0.803. The zero-order valence-electron chi connectivity index (χ0n) is 12.0. The number of ether oxygens (including phenoxy) is 3. The van der Waals surface area contributed by atoms with Crippen molar-refractivity contribution in [3.63, 3.8) is 0 Å². The van der Waals surface area contributed by atoms with Crippen molar-refractivity contribution in [1.29, 1.82) is 0 Å². The second kappa shape index (κ2) is 7.21. The lowest BCUT2D eigenvalue weighted by molar-refractivity contribution is -0.135. The summed E-state index contributed by atoms with van der Waals surface area (Å²) >= 11 is 0. The minimum Gasteiger partial charge on any atom is -0.481 e. The van der Waals surface area contributed by atoms with Gasteiger partial charge in [-0.2, -0.15) is 0 Å². The van der Waals surface area contributed by atoms with Crippen LogP contribution < -0.4 is 14.2 Å². The lowest BCUT2D eigenvalue weighted by Crippen LogP contribution is -2.11. The second-order valence-corrected chi connectivity index (χ2v) is 4.11. The van der Waals surface area contributed by atoms with Crippen LogP contribution in [-0.4, -0.2) is 29.0 Å². The van der Waals surface area contributed by atoms with Crippen molar-refractivity contribution in [2.24, 2.45) is 0 Å². The van der Waals surface area contributed by atoms with Crippen LogP contribution in [0.1, 0.15) is 26.3 Å². The number of carbonyl (C=O) groups excluding carboxylic acids is 3. The maximum Gasteiger partial charge on any atom is 0.312 e. The van der Waals surface area contributed by atoms with E-state index in [1.807, 2.05) is 0 Å². The Bertz CT molecular complexity index is 595. The average molecular weight is 309 g/mol.